The van der Waals surface area contributed by atoms with Crippen molar-refractivity contribution in [1.29, 1.82) is 0 Å². The van der Waals surface area contributed by atoms with Crippen molar-refractivity contribution >= 4 is 61.8 Å². The van der Waals surface area contributed by atoms with E-state index < -0.39 is 0 Å². The average molecular weight is 483 g/mol. The number of fused-ring (bicyclic) bond motifs is 1. The normalized spacial score (nSPS) is 11.0. The van der Waals surface area contributed by atoms with Crippen LogP contribution in [0.2, 0.25) is 5.02 Å². The summed E-state index contributed by atoms with van der Waals surface area (Å²) in [7, 11) is 1.57. The zero-order valence-corrected chi connectivity index (χ0v) is 18.1. The predicted octanol–water partition coefficient (Wildman–Crippen LogP) is 4.19. The molecule has 2 aromatic carbocycles. The maximum Gasteiger partial charge on any atom is 0.262 e. The van der Waals surface area contributed by atoms with Crippen molar-refractivity contribution in [2.45, 2.75) is 11.7 Å². The SMILES string of the molecule is COCCn1c(SCC(=O)Nc2cccc(Cl)c2)nc2ccc(Br)cc2c1=O. The summed E-state index contributed by atoms with van der Waals surface area (Å²) < 4.78 is 7.45. The molecule has 1 aromatic heterocycles. The molecule has 0 saturated carbocycles. The molecule has 1 heterocycles. The number of nitrogens with zero attached hydrogens (tertiary/aromatic N) is 2. The highest BCUT2D eigenvalue weighted by Gasteiger charge is 2.14. The molecule has 0 spiro atoms. The second-order valence-electron chi connectivity index (χ2n) is 5.85. The van der Waals surface area contributed by atoms with Crippen LogP contribution in [-0.4, -0.2) is 34.9 Å². The first-order valence-electron chi connectivity index (χ1n) is 8.35. The van der Waals surface area contributed by atoms with Crippen LogP contribution in [0.3, 0.4) is 0 Å². The molecule has 0 saturated heterocycles. The molecule has 0 aliphatic heterocycles. The number of hydrogen-bond acceptors (Lipinski definition) is 5. The first kappa shape index (κ1) is 20.9. The summed E-state index contributed by atoms with van der Waals surface area (Å²) >= 11 is 10.5. The zero-order chi connectivity index (χ0) is 20.1. The molecule has 0 unspecified atom stereocenters. The molecule has 28 heavy (non-hydrogen) atoms. The van der Waals surface area contributed by atoms with Crippen LogP contribution in [0.1, 0.15) is 0 Å². The van der Waals surface area contributed by atoms with Crippen molar-refractivity contribution in [3.8, 4) is 0 Å². The Balaban J connectivity index is 1.83. The van der Waals surface area contributed by atoms with Crippen LogP contribution in [0, 0.1) is 0 Å². The maximum atomic E-state index is 12.9. The average Bonchev–Trinajstić information content (AvgIpc) is 2.66. The number of amides is 1. The van der Waals surface area contributed by atoms with E-state index in [0.29, 0.717) is 39.9 Å². The molecule has 3 rings (SSSR count). The quantitative estimate of drug-likeness (QED) is 0.404. The third-order valence-electron chi connectivity index (χ3n) is 3.84. The number of ether oxygens (including phenoxy) is 1. The van der Waals surface area contributed by atoms with Gasteiger partial charge >= 0.3 is 0 Å². The minimum Gasteiger partial charge on any atom is -0.383 e. The number of aromatic nitrogens is 2. The number of nitrogens with one attached hydrogen (secondary N) is 1. The Labute approximate surface area is 179 Å². The molecule has 0 radical (unpaired) electrons. The summed E-state index contributed by atoms with van der Waals surface area (Å²) in [5, 5.41) is 4.31. The van der Waals surface area contributed by atoms with Crippen LogP contribution >= 0.6 is 39.3 Å². The van der Waals surface area contributed by atoms with Crippen molar-refractivity contribution in [2.24, 2.45) is 0 Å². The van der Waals surface area contributed by atoms with Gasteiger partial charge in [0.25, 0.3) is 5.56 Å². The Hall–Kier alpha value is -1.87. The number of anilines is 1. The van der Waals surface area contributed by atoms with Crippen LogP contribution in [-0.2, 0) is 16.1 Å². The number of benzene rings is 2. The van der Waals surface area contributed by atoms with Crippen molar-refractivity contribution < 1.29 is 9.53 Å². The Morgan fingerprint density at radius 1 is 1.32 bits per heavy atom. The van der Waals surface area contributed by atoms with Crippen LogP contribution in [0.15, 0.2) is 56.9 Å². The minimum atomic E-state index is -0.212. The molecule has 9 heteroatoms. The molecular weight excluding hydrogens is 466 g/mol. The largest absolute Gasteiger partial charge is 0.383 e. The minimum absolute atomic E-state index is 0.105. The van der Waals surface area contributed by atoms with E-state index in [9.17, 15) is 9.59 Å². The lowest BCUT2D eigenvalue weighted by atomic mass is 10.2. The maximum absolute atomic E-state index is 12.9. The fourth-order valence-corrected chi connectivity index (χ4v) is 3.93. The Morgan fingerprint density at radius 2 is 2.14 bits per heavy atom. The number of thioether (sulfide) groups is 1. The number of carbonyl (C=O) groups excluding carboxylic acids is 1. The van der Waals surface area contributed by atoms with Gasteiger partial charge in [-0.3, -0.25) is 14.2 Å². The molecule has 0 bridgehead atoms. The van der Waals surface area contributed by atoms with Gasteiger partial charge in [0.15, 0.2) is 5.16 Å². The standard InChI is InChI=1S/C19H17BrClN3O3S/c1-27-8-7-24-18(26)15-9-12(20)5-6-16(15)23-19(24)28-11-17(25)22-14-4-2-3-13(21)10-14/h2-6,9-10H,7-8,11H2,1H3,(H,22,25). The molecular formula is C19H17BrClN3O3S. The lowest BCUT2D eigenvalue weighted by Crippen LogP contribution is -2.26. The number of methoxy groups -OCH3 is 1. The molecule has 0 aliphatic carbocycles. The second-order valence-corrected chi connectivity index (χ2v) is 8.15. The van der Waals surface area contributed by atoms with Gasteiger partial charge in [0.2, 0.25) is 5.91 Å². The second kappa shape index (κ2) is 9.56. The lowest BCUT2D eigenvalue weighted by Gasteiger charge is -2.13. The molecule has 1 amide bonds. The number of halogens is 2. The van der Waals surface area contributed by atoms with Crippen molar-refractivity contribution in [3.63, 3.8) is 0 Å². The van der Waals surface area contributed by atoms with Gasteiger partial charge in [-0.1, -0.05) is 45.4 Å². The van der Waals surface area contributed by atoms with E-state index in [1.54, 1.807) is 43.5 Å². The Morgan fingerprint density at radius 3 is 2.89 bits per heavy atom. The molecule has 146 valence electrons. The smallest absolute Gasteiger partial charge is 0.262 e. The third kappa shape index (κ3) is 5.14. The summed E-state index contributed by atoms with van der Waals surface area (Å²) in [6, 6.07) is 12.3. The lowest BCUT2D eigenvalue weighted by molar-refractivity contribution is -0.113. The highest BCUT2D eigenvalue weighted by atomic mass is 79.9. The monoisotopic (exact) mass is 481 g/mol. The number of rotatable bonds is 7. The summed E-state index contributed by atoms with van der Waals surface area (Å²) in [5.41, 5.74) is 1.03. The van der Waals surface area contributed by atoms with E-state index in [1.165, 1.54) is 16.3 Å². The van der Waals surface area contributed by atoms with Gasteiger partial charge in [0.05, 0.1) is 29.8 Å². The molecule has 0 fully saturated rings. The van der Waals surface area contributed by atoms with E-state index >= 15 is 0 Å². The summed E-state index contributed by atoms with van der Waals surface area (Å²) in [6.07, 6.45) is 0. The first-order chi connectivity index (χ1) is 13.5. The molecule has 6 nitrogen and oxygen atoms in total. The summed E-state index contributed by atoms with van der Waals surface area (Å²) in [5.74, 6) is -0.107. The van der Waals surface area contributed by atoms with Gasteiger partial charge in [-0.15, -0.1) is 0 Å². The predicted molar refractivity (Wildman–Crippen MR) is 116 cm³/mol. The van der Waals surface area contributed by atoms with Crippen molar-refractivity contribution in [1.82, 2.24) is 9.55 Å². The Bertz CT molecular complexity index is 1070. The first-order valence-corrected chi connectivity index (χ1v) is 10.5. The van der Waals surface area contributed by atoms with Crippen LogP contribution in [0.4, 0.5) is 5.69 Å². The number of hydrogen-bond donors (Lipinski definition) is 1. The van der Waals surface area contributed by atoms with E-state index in [4.69, 9.17) is 16.3 Å². The molecule has 1 N–H and O–H groups in total. The van der Waals surface area contributed by atoms with Gasteiger partial charge in [-0.2, -0.15) is 0 Å². The molecule has 0 aliphatic rings. The fourth-order valence-electron chi connectivity index (χ4n) is 2.56. The molecule has 3 aromatic rings. The van der Waals surface area contributed by atoms with Crippen molar-refractivity contribution in [2.75, 3.05) is 24.8 Å². The van der Waals surface area contributed by atoms with E-state index in [1.807, 2.05) is 6.07 Å². The third-order valence-corrected chi connectivity index (χ3v) is 5.55. The van der Waals surface area contributed by atoms with Crippen molar-refractivity contribution in [3.05, 3.63) is 62.3 Å². The van der Waals surface area contributed by atoms with Gasteiger partial charge in [-0.25, -0.2) is 4.98 Å². The zero-order valence-electron chi connectivity index (χ0n) is 14.9. The number of carbonyl (C=O) groups is 1. The highest BCUT2D eigenvalue weighted by Crippen LogP contribution is 2.21. The van der Waals surface area contributed by atoms with Gasteiger partial charge in [0.1, 0.15) is 0 Å². The van der Waals surface area contributed by atoms with Crippen LogP contribution in [0.5, 0.6) is 0 Å². The summed E-state index contributed by atoms with van der Waals surface area (Å²) in [6.45, 7) is 0.715. The Kier molecular flexibility index (Phi) is 7.12. The molecule has 0 atom stereocenters. The van der Waals surface area contributed by atoms with Gasteiger partial charge in [-0.05, 0) is 36.4 Å². The summed E-state index contributed by atoms with van der Waals surface area (Å²) in [4.78, 5) is 29.8. The fraction of sp³-hybridized carbons (Fsp3) is 0.211. The highest BCUT2D eigenvalue weighted by molar-refractivity contribution is 9.10. The van der Waals surface area contributed by atoms with Crippen LogP contribution in [0.25, 0.3) is 10.9 Å². The topological polar surface area (TPSA) is 73.2 Å². The van der Waals surface area contributed by atoms with Gasteiger partial charge < -0.3 is 10.1 Å². The van der Waals surface area contributed by atoms with Crippen LogP contribution < -0.4 is 10.9 Å². The van der Waals surface area contributed by atoms with E-state index in [-0.39, 0.29) is 17.2 Å². The van der Waals surface area contributed by atoms with Gasteiger partial charge in [0, 0.05) is 22.3 Å². The van der Waals surface area contributed by atoms with E-state index in [2.05, 4.69) is 26.2 Å². The van der Waals surface area contributed by atoms with E-state index in [0.717, 1.165) is 4.47 Å².